The first kappa shape index (κ1) is 15.9. The SMILES string of the molecule is NC(=O)c1ccc(S(=O)(=O)NC2CCS(=O)CC2)c(N)c1. The molecule has 1 aromatic rings. The van der Waals surface area contributed by atoms with Gasteiger partial charge in [-0.15, -0.1) is 0 Å². The highest BCUT2D eigenvalue weighted by atomic mass is 32.2. The van der Waals surface area contributed by atoms with E-state index in [1.54, 1.807) is 0 Å². The number of anilines is 1. The molecule has 9 heteroatoms. The van der Waals surface area contributed by atoms with Crippen LogP contribution in [0.5, 0.6) is 0 Å². The number of sulfonamides is 1. The van der Waals surface area contributed by atoms with Crippen molar-refractivity contribution in [3.8, 4) is 0 Å². The van der Waals surface area contributed by atoms with Crippen LogP contribution in [0.3, 0.4) is 0 Å². The lowest BCUT2D eigenvalue weighted by atomic mass is 10.2. The van der Waals surface area contributed by atoms with E-state index in [4.69, 9.17) is 11.5 Å². The minimum Gasteiger partial charge on any atom is -0.398 e. The van der Waals surface area contributed by atoms with Crippen LogP contribution >= 0.6 is 0 Å². The summed E-state index contributed by atoms with van der Waals surface area (Å²) in [5.74, 6) is 0.306. The van der Waals surface area contributed by atoms with E-state index in [2.05, 4.69) is 4.72 Å². The summed E-state index contributed by atoms with van der Waals surface area (Å²) in [6, 6.07) is 3.58. The number of nitrogen functional groups attached to an aromatic ring is 1. The van der Waals surface area contributed by atoms with Gasteiger partial charge in [0, 0.05) is 33.9 Å². The first-order valence-electron chi connectivity index (χ1n) is 6.36. The van der Waals surface area contributed by atoms with Gasteiger partial charge in [0.05, 0.1) is 5.69 Å². The summed E-state index contributed by atoms with van der Waals surface area (Å²) in [7, 11) is -4.63. The molecule has 0 aromatic heterocycles. The Morgan fingerprint density at radius 2 is 1.90 bits per heavy atom. The number of nitrogens with one attached hydrogen (secondary N) is 1. The van der Waals surface area contributed by atoms with Crippen molar-refractivity contribution in [3.05, 3.63) is 23.8 Å². The standard InChI is InChI=1S/C12H17N3O4S2/c13-10-7-8(12(14)16)1-2-11(10)21(18,19)15-9-3-5-20(17)6-4-9/h1-2,7,9,15H,3-6,13H2,(H2,14,16). The molecule has 1 heterocycles. The van der Waals surface area contributed by atoms with Crippen molar-refractivity contribution in [2.75, 3.05) is 17.2 Å². The van der Waals surface area contributed by atoms with Crippen LogP contribution in [0.1, 0.15) is 23.2 Å². The zero-order chi connectivity index (χ0) is 15.6. The number of hydrogen-bond acceptors (Lipinski definition) is 5. The minimum absolute atomic E-state index is 0.0295. The summed E-state index contributed by atoms with van der Waals surface area (Å²) >= 11 is 0. The number of carbonyl (C=O) groups is 1. The molecule has 1 aliphatic heterocycles. The van der Waals surface area contributed by atoms with Gasteiger partial charge in [-0.1, -0.05) is 0 Å². The first-order valence-corrected chi connectivity index (χ1v) is 9.33. The van der Waals surface area contributed by atoms with Gasteiger partial charge in [0.2, 0.25) is 15.9 Å². The Morgan fingerprint density at radius 3 is 2.43 bits per heavy atom. The third kappa shape index (κ3) is 3.80. The second-order valence-electron chi connectivity index (χ2n) is 4.86. The summed E-state index contributed by atoms with van der Waals surface area (Å²) in [4.78, 5) is 11.0. The Labute approximate surface area is 125 Å². The normalized spacial score (nSPS) is 22.9. The Kier molecular flexibility index (Phi) is 4.64. The summed E-state index contributed by atoms with van der Waals surface area (Å²) < 4.78 is 38.4. The Balaban J connectivity index is 2.19. The van der Waals surface area contributed by atoms with Gasteiger partial charge in [-0.2, -0.15) is 0 Å². The van der Waals surface area contributed by atoms with Crippen LogP contribution in [0.15, 0.2) is 23.1 Å². The maximum atomic E-state index is 12.3. The lowest BCUT2D eigenvalue weighted by Gasteiger charge is -2.22. The van der Waals surface area contributed by atoms with Crippen molar-refractivity contribution in [3.63, 3.8) is 0 Å². The highest BCUT2D eigenvalue weighted by Crippen LogP contribution is 2.21. The predicted molar refractivity (Wildman–Crippen MR) is 80.6 cm³/mol. The second-order valence-corrected chi connectivity index (χ2v) is 8.24. The zero-order valence-corrected chi connectivity index (χ0v) is 12.9. The molecular weight excluding hydrogens is 314 g/mol. The fourth-order valence-corrected chi connectivity index (χ4v) is 4.86. The maximum absolute atomic E-state index is 12.3. The molecule has 1 aliphatic rings. The molecule has 0 radical (unpaired) electrons. The molecule has 0 bridgehead atoms. The third-order valence-corrected chi connectivity index (χ3v) is 6.27. The van der Waals surface area contributed by atoms with E-state index in [9.17, 15) is 17.4 Å². The smallest absolute Gasteiger partial charge is 0.248 e. The number of hydrogen-bond donors (Lipinski definition) is 3. The van der Waals surface area contributed by atoms with Crippen molar-refractivity contribution in [1.82, 2.24) is 4.72 Å². The maximum Gasteiger partial charge on any atom is 0.248 e. The Morgan fingerprint density at radius 1 is 1.29 bits per heavy atom. The van der Waals surface area contributed by atoms with E-state index in [0.717, 1.165) is 0 Å². The van der Waals surface area contributed by atoms with E-state index in [1.165, 1.54) is 18.2 Å². The topological polar surface area (TPSA) is 132 Å². The van der Waals surface area contributed by atoms with E-state index < -0.39 is 26.7 Å². The molecule has 5 N–H and O–H groups in total. The van der Waals surface area contributed by atoms with Gasteiger partial charge in [-0.3, -0.25) is 9.00 Å². The van der Waals surface area contributed by atoms with E-state index in [0.29, 0.717) is 24.3 Å². The number of rotatable bonds is 4. The van der Waals surface area contributed by atoms with Crippen molar-refractivity contribution in [2.45, 2.75) is 23.8 Å². The van der Waals surface area contributed by atoms with Crippen LogP contribution in [0.2, 0.25) is 0 Å². The lowest BCUT2D eigenvalue weighted by molar-refractivity contribution is 0.1000. The average molecular weight is 331 g/mol. The van der Waals surface area contributed by atoms with Crippen LogP contribution in [-0.4, -0.2) is 36.1 Å². The van der Waals surface area contributed by atoms with Crippen LogP contribution in [0.25, 0.3) is 0 Å². The molecule has 2 rings (SSSR count). The second kappa shape index (κ2) is 6.12. The monoisotopic (exact) mass is 331 g/mol. The molecule has 0 aliphatic carbocycles. The molecule has 1 saturated heterocycles. The van der Waals surface area contributed by atoms with Gasteiger partial charge < -0.3 is 11.5 Å². The number of benzene rings is 1. The van der Waals surface area contributed by atoms with Crippen molar-refractivity contribution < 1.29 is 17.4 Å². The fourth-order valence-electron chi connectivity index (χ4n) is 2.14. The summed E-state index contributed by atoms with van der Waals surface area (Å²) in [6.45, 7) is 0. The van der Waals surface area contributed by atoms with Gasteiger partial charge in [0.1, 0.15) is 4.90 Å². The van der Waals surface area contributed by atoms with Gasteiger partial charge in [-0.25, -0.2) is 13.1 Å². The lowest BCUT2D eigenvalue weighted by Crippen LogP contribution is -2.39. The molecule has 116 valence electrons. The zero-order valence-electron chi connectivity index (χ0n) is 11.2. The van der Waals surface area contributed by atoms with Crippen LogP contribution < -0.4 is 16.2 Å². The minimum atomic E-state index is -3.78. The van der Waals surface area contributed by atoms with Gasteiger partial charge in [-0.05, 0) is 31.0 Å². The number of primary amides is 1. The number of amides is 1. The molecule has 0 atom stereocenters. The summed E-state index contributed by atoms with van der Waals surface area (Å²) in [5, 5.41) is 0. The highest BCUT2D eigenvalue weighted by molar-refractivity contribution is 7.89. The molecule has 7 nitrogen and oxygen atoms in total. The molecular formula is C12H17N3O4S2. The molecule has 1 fully saturated rings. The molecule has 0 spiro atoms. The van der Waals surface area contributed by atoms with E-state index in [-0.39, 0.29) is 22.2 Å². The van der Waals surface area contributed by atoms with Crippen molar-refractivity contribution in [1.29, 1.82) is 0 Å². The Hall–Kier alpha value is -1.45. The molecule has 1 aromatic carbocycles. The molecule has 0 unspecified atom stereocenters. The molecule has 0 saturated carbocycles. The Bertz CT molecular complexity index is 678. The molecule has 21 heavy (non-hydrogen) atoms. The summed E-state index contributed by atoms with van der Waals surface area (Å²) in [6.07, 6.45) is 1.07. The summed E-state index contributed by atoms with van der Waals surface area (Å²) in [5.41, 5.74) is 10.9. The number of nitrogens with two attached hydrogens (primary N) is 2. The van der Waals surface area contributed by atoms with E-state index >= 15 is 0 Å². The van der Waals surface area contributed by atoms with Crippen molar-refractivity contribution in [2.24, 2.45) is 5.73 Å². The van der Waals surface area contributed by atoms with Crippen molar-refractivity contribution >= 4 is 32.4 Å². The van der Waals surface area contributed by atoms with Gasteiger partial charge in [0.25, 0.3) is 0 Å². The van der Waals surface area contributed by atoms with Gasteiger partial charge >= 0.3 is 0 Å². The van der Waals surface area contributed by atoms with Crippen LogP contribution in [-0.2, 0) is 20.8 Å². The first-order chi connectivity index (χ1) is 9.79. The fraction of sp³-hybridized carbons (Fsp3) is 0.417. The largest absolute Gasteiger partial charge is 0.398 e. The third-order valence-electron chi connectivity index (χ3n) is 3.29. The number of carbonyl (C=O) groups excluding carboxylic acids is 1. The van der Waals surface area contributed by atoms with E-state index in [1.807, 2.05) is 0 Å². The highest BCUT2D eigenvalue weighted by Gasteiger charge is 2.25. The molecule has 1 amide bonds. The average Bonchev–Trinajstić information content (AvgIpc) is 2.40. The van der Waals surface area contributed by atoms with Crippen LogP contribution in [0, 0.1) is 0 Å². The quantitative estimate of drug-likeness (QED) is 0.643. The van der Waals surface area contributed by atoms with Crippen LogP contribution in [0.4, 0.5) is 5.69 Å². The van der Waals surface area contributed by atoms with Gasteiger partial charge in [0.15, 0.2) is 0 Å². The predicted octanol–water partition coefficient (Wildman–Crippen LogP) is -0.443.